The molecular formula is C12H21N3O3. The third-order valence-corrected chi connectivity index (χ3v) is 3.44. The summed E-state index contributed by atoms with van der Waals surface area (Å²) in [5.74, 6) is -1.01. The zero-order chi connectivity index (χ0) is 14.1. The summed E-state index contributed by atoms with van der Waals surface area (Å²) in [5, 5.41) is 2.92. The summed E-state index contributed by atoms with van der Waals surface area (Å²) in [6.45, 7) is 7.01. The third-order valence-electron chi connectivity index (χ3n) is 3.44. The number of nitrogens with two attached hydrogens (primary N) is 1. The molecule has 0 spiro atoms. The number of hydrogen-bond donors (Lipinski definition) is 2. The molecule has 0 radical (unpaired) electrons. The van der Waals surface area contributed by atoms with Crippen molar-refractivity contribution in [3.05, 3.63) is 0 Å². The Kier molecular flexibility index (Phi) is 4.11. The Morgan fingerprint density at radius 2 is 2.11 bits per heavy atom. The van der Waals surface area contributed by atoms with Gasteiger partial charge in [-0.2, -0.15) is 0 Å². The lowest BCUT2D eigenvalue weighted by Gasteiger charge is -2.29. The molecule has 1 heterocycles. The minimum absolute atomic E-state index is 0.0832. The average Bonchev–Trinajstić information content (AvgIpc) is 2.53. The maximum absolute atomic E-state index is 12.1. The third kappa shape index (κ3) is 2.53. The van der Waals surface area contributed by atoms with Crippen molar-refractivity contribution < 1.29 is 14.4 Å². The number of carbonyl (C=O) groups is 3. The highest BCUT2D eigenvalue weighted by molar-refractivity contribution is 6.06. The normalized spacial score (nSPS) is 23.6. The fourth-order valence-electron chi connectivity index (χ4n) is 2.04. The van der Waals surface area contributed by atoms with Crippen LogP contribution in [0.4, 0.5) is 0 Å². The minimum Gasteiger partial charge on any atom is -0.368 e. The molecule has 0 aromatic rings. The van der Waals surface area contributed by atoms with Gasteiger partial charge in [0.15, 0.2) is 0 Å². The number of imide groups is 1. The number of nitrogens with zero attached hydrogens (tertiary/aromatic N) is 1. The van der Waals surface area contributed by atoms with Gasteiger partial charge < -0.3 is 5.73 Å². The number of rotatable bonds is 5. The van der Waals surface area contributed by atoms with Crippen molar-refractivity contribution in [3.63, 3.8) is 0 Å². The topological polar surface area (TPSA) is 92.5 Å². The molecule has 1 saturated heterocycles. The molecule has 1 fully saturated rings. The summed E-state index contributed by atoms with van der Waals surface area (Å²) < 4.78 is 0. The van der Waals surface area contributed by atoms with Crippen molar-refractivity contribution in [2.24, 2.45) is 5.73 Å². The van der Waals surface area contributed by atoms with Gasteiger partial charge in [-0.15, -0.1) is 0 Å². The van der Waals surface area contributed by atoms with Crippen molar-refractivity contribution in [2.75, 3.05) is 0 Å². The molecule has 1 aliphatic heterocycles. The first kappa shape index (κ1) is 14.6. The molecule has 2 unspecified atom stereocenters. The second kappa shape index (κ2) is 5.06. The highest BCUT2D eigenvalue weighted by Crippen LogP contribution is 2.20. The molecule has 3 N–H and O–H groups in total. The van der Waals surface area contributed by atoms with Crippen LogP contribution in [0.1, 0.15) is 40.5 Å². The lowest BCUT2D eigenvalue weighted by molar-refractivity contribution is -0.140. The Morgan fingerprint density at radius 3 is 2.44 bits per heavy atom. The van der Waals surface area contributed by atoms with Crippen LogP contribution >= 0.6 is 0 Å². The molecule has 6 heteroatoms. The van der Waals surface area contributed by atoms with E-state index in [0.29, 0.717) is 6.42 Å². The van der Waals surface area contributed by atoms with Crippen LogP contribution in [0, 0.1) is 0 Å². The second-order valence-electron chi connectivity index (χ2n) is 5.15. The standard InChI is InChI=1S/C12H21N3O3/c1-5-12(4,11(13)18)14-8-6-9(16)15(7(2)3)10(8)17/h7-8,14H,5-6H2,1-4H3,(H2,13,18). The SMILES string of the molecule is CCC(C)(NC1CC(=O)N(C(C)C)C1=O)C(N)=O. The predicted octanol–water partition coefficient (Wildman–Crippen LogP) is -0.234. The second-order valence-corrected chi connectivity index (χ2v) is 5.15. The van der Waals surface area contributed by atoms with Crippen LogP contribution in [-0.2, 0) is 14.4 Å². The predicted molar refractivity (Wildman–Crippen MR) is 66.4 cm³/mol. The van der Waals surface area contributed by atoms with E-state index in [9.17, 15) is 14.4 Å². The number of carbonyl (C=O) groups excluding carboxylic acids is 3. The summed E-state index contributed by atoms with van der Waals surface area (Å²) in [5.41, 5.74) is 4.36. The summed E-state index contributed by atoms with van der Waals surface area (Å²) in [4.78, 5) is 36.4. The number of nitrogens with one attached hydrogen (secondary N) is 1. The summed E-state index contributed by atoms with van der Waals surface area (Å²) in [6, 6.07) is -0.824. The van der Waals surface area contributed by atoms with E-state index in [1.807, 2.05) is 0 Å². The highest BCUT2D eigenvalue weighted by atomic mass is 16.2. The van der Waals surface area contributed by atoms with Crippen molar-refractivity contribution in [1.29, 1.82) is 0 Å². The van der Waals surface area contributed by atoms with Gasteiger partial charge in [0.05, 0.1) is 18.0 Å². The smallest absolute Gasteiger partial charge is 0.247 e. The molecule has 18 heavy (non-hydrogen) atoms. The molecule has 102 valence electrons. The molecule has 6 nitrogen and oxygen atoms in total. The molecule has 2 atom stereocenters. The number of primary amides is 1. The van der Waals surface area contributed by atoms with Gasteiger partial charge in [0.25, 0.3) is 0 Å². The van der Waals surface area contributed by atoms with Crippen molar-refractivity contribution in [2.45, 2.75) is 58.2 Å². The van der Waals surface area contributed by atoms with Gasteiger partial charge in [-0.3, -0.25) is 24.6 Å². The first-order chi connectivity index (χ1) is 8.23. The maximum atomic E-state index is 12.1. The Bertz CT molecular complexity index is 381. The molecule has 1 rings (SSSR count). The lowest BCUT2D eigenvalue weighted by Crippen LogP contribution is -2.58. The fourth-order valence-corrected chi connectivity index (χ4v) is 2.04. The van der Waals surface area contributed by atoms with Crippen LogP contribution in [0.2, 0.25) is 0 Å². The van der Waals surface area contributed by atoms with E-state index < -0.39 is 17.5 Å². The molecule has 3 amide bonds. The van der Waals surface area contributed by atoms with E-state index in [2.05, 4.69) is 5.32 Å². The first-order valence-electron chi connectivity index (χ1n) is 6.16. The Balaban J connectivity index is 2.85. The van der Waals surface area contributed by atoms with Crippen molar-refractivity contribution >= 4 is 17.7 Å². The lowest BCUT2D eigenvalue weighted by atomic mass is 9.96. The van der Waals surface area contributed by atoms with Gasteiger partial charge in [-0.1, -0.05) is 6.92 Å². The van der Waals surface area contributed by atoms with Crippen LogP contribution in [0.5, 0.6) is 0 Å². The van der Waals surface area contributed by atoms with E-state index in [-0.39, 0.29) is 24.3 Å². The van der Waals surface area contributed by atoms with Gasteiger partial charge >= 0.3 is 0 Å². The van der Waals surface area contributed by atoms with Gasteiger partial charge in [-0.05, 0) is 27.2 Å². The van der Waals surface area contributed by atoms with Gasteiger partial charge in [0.2, 0.25) is 17.7 Å². The molecule has 0 aromatic carbocycles. The van der Waals surface area contributed by atoms with E-state index in [1.165, 1.54) is 4.90 Å². The number of hydrogen-bond acceptors (Lipinski definition) is 4. The molecule has 0 bridgehead atoms. The van der Waals surface area contributed by atoms with Crippen LogP contribution < -0.4 is 11.1 Å². The average molecular weight is 255 g/mol. The molecule has 1 aliphatic rings. The molecule has 0 aromatic heterocycles. The van der Waals surface area contributed by atoms with Crippen LogP contribution in [0.15, 0.2) is 0 Å². The molecular weight excluding hydrogens is 234 g/mol. The summed E-state index contributed by atoms with van der Waals surface area (Å²) in [7, 11) is 0. The Morgan fingerprint density at radius 1 is 1.56 bits per heavy atom. The zero-order valence-electron chi connectivity index (χ0n) is 11.3. The fraction of sp³-hybridized carbons (Fsp3) is 0.750. The summed E-state index contributed by atoms with van der Waals surface area (Å²) >= 11 is 0. The van der Waals surface area contributed by atoms with E-state index in [4.69, 9.17) is 5.73 Å². The minimum atomic E-state index is -0.965. The van der Waals surface area contributed by atoms with Gasteiger partial charge in [0.1, 0.15) is 0 Å². The Labute approximate surface area is 107 Å². The highest BCUT2D eigenvalue weighted by Gasteiger charge is 2.43. The van der Waals surface area contributed by atoms with E-state index in [1.54, 1.807) is 27.7 Å². The van der Waals surface area contributed by atoms with Crippen LogP contribution in [0.25, 0.3) is 0 Å². The van der Waals surface area contributed by atoms with E-state index >= 15 is 0 Å². The number of likely N-dealkylation sites (tertiary alicyclic amines) is 1. The van der Waals surface area contributed by atoms with Gasteiger partial charge in [-0.25, -0.2) is 0 Å². The zero-order valence-corrected chi connectivity index (χ0v) is 11.3. The Hall–Kier alpha value is -1.43. The molecule has 0 aliphatic carbocycles. The largest absolute Gasteiger partial charge is 0.368 e. The van der Waals surface area contributed by atoms with Crippen LogP contribution in [-0.4, -0.2) is 40.2 Å². The van der Waals surface area contributed by atoms with Gasteiger partial charge in [0, 0.05) is 6.04 Å². The summed E-state index contributed by atoms with van der Waals surface area (Å²) in [6.07, 6.45) is 0.544. The van der Waals surface area contributed by atoms with Crippen LogP contribution in [0.3, 0.4) is 0 Å². The first-order valence-corrected chi connectivity index (χ1v) is 6.16. The maximum Gasteiger partial charge on any atom is 0.247 e. The quantitative estimate of drug-likeness (QED) is 0.663. The molecule has 0 saturated carbocycles. The van der Waals surface area contributed by atoms with E-state index in [0.717, 1.165) is 0 Å². The monoisotopic (exact) mass is 255 g/mol. The van der Waals surface area contributed by atoms with Crippen molar-refractivity contribution in [1.82, 2.24) is 10.2 Å². The van der Waals surface area contributed by atoms with Crippen molar-refractivity contribution in [3.8, 4) is 0 Å². The number of amides is 3.